The molecule has 1 aromatic rings. The van der Waals surface area contributed by atoms with Crippen LogP contribution >= 0.6 is 0 Å². The van der Waals surface area contributed by atoms with Gasteiger partial charge in [-0.1, -0.05) is 27.7 Å². The summed E-state index contributed by atoms with van der Waals surface area (Å²) in [6, 6.07) is 5.28. The van der Waals surface area contributed by atoms with Gasteiger partial charge in [-0.25, -0.2) is 0 Å². The minimum absolute atomic E-state index is 0.107. The van der Waals surface area contributed by atoms with Crippen molar-refractivity contribution in [1.29, 1.82) is 0 Å². The molecule has 1 aromatic carbocycles. The van der Waals surface area contributed by atoms with Gasteiger partial charge in [0.25, 0.3) is 5.91 Å². The Labute approximate surface area is 114 Å². The van der Waals surface area contributed by atoms with Crippen molar-refractivity contribution in [2.24, 2.45) is 10.8 Å². The van der Waals surface area contributed by atoms with Gasteiger partial charge in [-0.3, -0.25) is 4.79 Å². The maximum absolute atomic E-state index is 12.3. The van der Waals surface area contributed by atoms with E-state index >= 15 is 0 Å². The quantitative estimate of drug-likeness (QED) is 0.822. The number of anilines is 1. The van der Waals surface area contributed by atoms with E-state index in [1.54, 1.807) is 25.3 Å². The molecule has 1 aliphatic rings. The van der Waals surface area contributed by atoms with Gasteiger partial charge in [0, 0.05) is 11.7 Å². The van der Waals surface area contributed by atoms with Gasteiger partial charge in [-0.05, 0) is 29.0 Å². The number of nitrogens with two attached hydrogens (primary N) is 1. The first kappa shape index (κ1) is 13.7. The predicted molar refractivity (Wildman–Crippen MR) is 76.2 cm³/mol. The Balaban J connectivity index is 2.18. The van der Waals surface area contributed by atoms with Crippen LogP contribution in [0, 0.1) is 10.8 Å². The number of rotatable bonds is 3. The van der Waals surface area contributed by atoms with Crippen molar-refractivity contribution in [2.75, 3.05) is 12.8 Å². The number of nitrogen functional groups attached to an aromatic ring is 1. The van der Waals surface area contributed by atoms with Gasteiger partial charge in [-0.2, -0.15) is 0 Å². The minimum atomic E-state index is -0.139. The monoisotopic (exact) mass is 262 g/mol. The second-order valence-electron chi connectivity index (χ2n) is 6.30. The van der Waals surface area contributed by atoms with Gasteiger partial charge in [0.15, 0.2) is 0 Å². The highest BCUT2D eigenvalue weighted by molar-refractivity contribution is 6.00. The summed E-state index contributed by atoms with van der Waals surface area (Å²) in [6.45, 7) is 8.64. The lowest BCUT2D eigenvalue weighted by Crippen LogP contribution is -2.30. The first-order valence-corrected chi connectivity index (χ1v) is 6.46. The van der Waals surface area contributed by atoms with Crippen LogP contribution in [-0.4, -0.2) is 19.1 Å². The van der Waals surface area contributed by atoms with Crippen molar-refractivity contribution >= 4 is 11.6 Å². The molecule has 3 N–H and O–H groups in total. The van der Waals surface area contributed by atoms with Gasteiger partial charge in [0.05, 0.1) is 12.7 Å². The number of hydrogen-bond acceptors (Lipinski definition) is 3. The first-order valence-electron chi connectivity index (χ1n) is 6.46. The molecule has 0 aromatic heterocycles. The predicted octanol–water partition coefficient (Wildman–Crippen LogP) is 2.44. The topological polar surface area (TPSA) is 64.3 Å². The molecule has 0 atom stereocenters. The Kier molecular flexibility index (Phi) is 3.00. The zero-order valence-corrected chi connectivity index (χ0v) is 12.2. The molecular formula is C15H22N2O2. The summed E-state index contributed by atoms with van der Waals surface area (Å²) in [6.07, 6.45) is 0. The molecular weight excluding hydrogens is 240 g/mol. The molecule has 1 amide bonds. The number of carbonyl (C=O) groups is 1. The van der Waals surface area contributed by atoms with Crippen molar-refractivity contribution in [1.82, 2.24) is 5.32 Å². The molecule has 1 fully saturated rings. The molecule has 0 radical (unpaired) electrons. The number of methoxy groups -OCH3 is 1. The summed E-state index contributed by atoms with van der Waals surface area (Å²) in [5.74, 6) is 0.494. The maximum Gasteiger partial charge on any atom is 0.253 e. The van der Waals surface area contributed by atoms with E-state index in [1.807, 2.05) is 0 Å². The van der Waals surface area contributed by atoms with Crippen molar-refractivity contribution in [3.05, 3.63) is 23.8 Å². The van der Waals surface area contributed by atoms with Gasteiger partial charge in [0.2, 0.25) is 0 Å². The lowest BCUT2D eigenvalue weighted by molar-refractivity contribution is 0.0944. The van der Waals surface area contributed by atoms with Crippen molar-refractivity contribution in [3.63, 3.8) is 0 Å². The molecule has 2 rings (SSSR count). The van der Waals surface area contributed by atoms with Crippen molar-refractivity contribution in [2.45, 2.75) is 33.7 Å². The summed E-state index contributed by atoms with van der Waals surface area (Å²) in [5.41, 5.74) is 7.01. The Morgan fingerprint density at radius 2 is 1.84 bits per heavy atom. The van der Waals surface area contributed by atoms with E-state index in [2.05, 4.69) is 33.0 Å². The molecule has 104 valence electrons. The normalized spacial score (nSPS) is 19.8. The zero-order chi connectivity index (χ0) is 14.4. The van der Waals surface area contributed by atoms with Crippen LogP contribution < -0.4 is 15.8 Å². The second-order valence-corrected chi connectivity index (χ2v) is 6.30. The highest BCUT2D eigenvalue weighted by Crippen LogP contribution is 2.62. The first-order chi connectivity index (χ1) is 8.71. The lowest BCUT2D eigenvalue weighted by Gasteiger charge is -2.10. The molecule has 4 heteroatoms. The number of benzene rings is 1. The molecule has 4 nitrogen and oxygen atoms in total. The lowest BCUT2D eigenvalue weighted by atomic mass is 10.0. The summed E-state index contributed by atoms with van der Waals surface area (Å²) >= 11 is 0. The van der Waals surface area contributed by atoms with E-state index in [-0.39, 0.29) is 22.8 Å². The molecule has 0 bridgehead atoms. The maximum atomic E-state index is 12.3. The summed E-state index contributed by atoms with van der Waals surface area (Å²) in [7, 11) is 1.57. The number of nitrogens with one attached hydrogen (secondary N) is 1. The molecule has 0 spiro atoms. The molecule has 1 aliphatic carbocycles. The van der Waals surface area contributed by atoms with Crippen LogP contribution in [0.25, 0.3) is 0 Å². The van der Waals surface area contributed by atoms with Gasteiger partial charge in [0.1, 0.15) is 5.75 Å². The van der Waals surface area contributed by atoms with Gasteiger partial charge in [-0.15, -0.1) is 0 Å². The SMILES string of the molecule is COc1ccc(N)c(C(=O)NC2C(C)(C)C2(C)C)c1. The Hall–Kier alpha value is -1.71. The summed E-state index contributed by atoms with van der Waals surface area (Å²) in [5, 5.41) is 3.07. The van der Waals surface area contributed by atoms with Crippen LogP contribution in [0.2, 0.25) is 0 Å². The Morgan fingerprint density at radius 3 is 2.32 bits per heavy atom. The Morgan fingerprint density at radius 1 is 1.26 bits per heavy atom. The van der Waals surface area contributed by atoms with E-state index in [1.165, 1.54) is 0 Å². The Bertz CT molecular complexity index is 507. The fourth-order valence-electron chi connectivity index (χ4n) is 2.63. The van der Waals surface area contributed by atoms with E-state index in [0.717, 1.165) is 0 Å². The molecule has 0 unspecified atom stereocenters. The van der Waals surface area contributed by atoms with Gasteiger partial charge >= 0.3 is 0 Å². The van der Waals surface area contributed by atoms with E-state index in [4.69, 9.17) is 10.5 Å². The summed E-state index contributed by atoms with van der Waals surface area (Å²) < 4.78 is 5.13. The standard InChI is InChI=1S/C15H22N2O2/c1-14(2)13(15(14,3)4)17-12(18)10-8-9(19-5)6-7-11(10)16/h6-8,13H,16H2,1-5H3,(H,17,18). The van der Waals surface area contributed by atoms with Crippen molar-refractivity contribution in [3.8, 4) is 5.75 Å². The van der Waals surface area contributed by atoms with Crippen LogP contribution in [0.4, 0.5) is 5.69 Å². The molecule has 0 saturated heterocycles. The van der Waals surface area contributed by atoms with E-state index < -0.39 is 0 Å². The van der Waals surface area contributed by atoms with Gasteiger partial charge < -0.3 is 15.8 Å². The minimum Gasteiger partial charge on any atom is -0.497 e. The molecule has 0 heterocycles. The fourth-order valence-corrected chi connectivity index (χ4v) is 2.63. The molecule has 19 heavy (non-hydrogen) atoms. The number of ether oxygens (including phenoxy) is 1. The van der Waals surface area contributed by atoms with Crippen LogP contribution in [0.15, 0.2) is 18.2 Å². The third kappa shape index (κ3) is 2.05. The average molecular weight is 262 g/mol. The molecule has 1 saturated carbocycles. The third-order valence-electron chi connectivity index (χ3n) is 4.80. The van der Waals surface area contributed by atoms with Crippen LogP contribution in [0.5, 0.6) is 5.75 Å². The van der Waals surface area contributed by atoms with Crippen LogP contribution in [0.1, 0.15) is 38.1 Å². The smallest absolute Gasteiger partial charge is 0.253 e. The molecule has 0 aliphatic heterocycles. The largest absolute Gasteiger partial charge is 0.497 e. The fraction of sp³-hybridized carbons (Fsp3) is 0.533. The van der Waals surface area contributed by atoms with E-state index in [9.17, 15) is 4.79 Å². The number of amides is 1. The highest BCUT2D eigenvalue weighted by Gasteiger charge is 2.65. The number of carbonyl (C=O) groups excluding carboxylic acids is 1. The number of hydrogen-bond donors (Lipinski definition) is 2. The van der Waals surface area contributed by atoms with Crippen molar-refractivity contribution < 1.29 is 9.53 Å². The van der Waals surface area contributed by atoms with E-state index in [0.29, 0.717) is 17.0 Å². The second kappa shape index (κ2) is 4.15. The summed E-state index contributed by atoms with van der Waals surface area (Å²) in [4.78, 5) is 12.3. The zero-order valence-electron chi connectivity index (χ0n) is 12.2. The highest BCUT2D eigenvalue weighted by atomic mass is 16.5. The van der Waals surface area contributed by atoms with Crippen LogP contribution in [0.3, 0.4) is 0 Å². The third-order valence-corrected chi connectivity index (χ3v) is 4.80. The average Bonchev–Trinajstić information content (AvgIpc) is 2.72. The van der Waals surface area contributed by atoms with Crippen LogP contribution in [-0.2, 0) is 0 Å².